The monoisotopic (exact) mass is 394 g/mol. The van der Waals surface area contributed by atoms with Crippen LogP contribution in [0.2, 0.25) is 0 Å². The number of carbonyl (C=O) groups is 1. The van der Waals surface area contributed by atoms with Crippen LogP contribution in [0.25, 0.3) is 0 Å². The highest BCUT2D eigenvalue weighted by Crippen LogP contribution is 2.28. The molecule has 0 fully saturated rings. The van der Waals surface area contributed by atoms with Gasteiger partial charge in [0.2, 0.25) is 0 Å². The van der Waals surface area contributed by atoms with Crippen LogP contribution in [-0.2, 0) is 12.2 Å². The lowest BCUT2D eigenvalue weighted by Gasteiger charge is -2.13. The number of ether oxygens (including phenoxy) is 1. The summed E-state index contributed by atoms with van der Waals surface area (Å²) in [6.45, 7) is 0.435. The SMILES string of the molecule is O=C(NCC1Cc2ccccc2O1)c1cccnc1SCc1ccc(F)cc1. The smallest absolute Gasteiger partial charge is 0.254 e. The van der Waals surface area contributed by atoms with Crippen LogP contribution in [-0.4, -0.2) is 23.5 Å². The number of benzene rings is 2. The number of para-hydroxylation sites is 1. The average Bonchev–Trinajstić information content (AvgIpc) is 3.15. The number of amides is 1. The van der Waals surface area contributed by atoms with E-state index in [1.807, 2.05) is 24.3 Å². The maximum atomic E-state index is 13.0. The number of halogens is 1. The maximum absolute atomic E-state index is 13.0. The molecular formula is C22H19FN2O2S. The van der Waals surface area contributed by atoms with Crippen LogP contribution in [0.1, 0.15) is 21.5 Å². The van der Waals surface area contributed by atoms with Gasteiger partial charge >= 0.3 is 0 Å². The average molecular weight is 394 g/mol. The Kier molecular flexibility index (Phi) is 5.58. The number of pyridine rings is 1. The number of nitrogens with zero attached hydrogens (tertiary/aromatic N) is 1. The number of nitrogens with one attached hydrogen (secondary N) is 1. The van der Waals surface area contributed by atoms with E-state index < -0.39 is 0 Å². The van der Waals surface area contributed by atoms with E-state index >= 15 is 0 Å². The fourth-order valence-corrected chi connectivity index (χ4v) is 4.03. The first-order valence-corrected chi connectivity index (χ1v) is 10.0. The molecule has 2 heterocycles. The zero-order chi connectivity index (χ0) is 19.3. The molecule has 3 aromatic rings. The summed E-state index contributed by atoms with van der Waals surface area (Å²) in [6.07, 6.45) is 2.39. The Bertz CT molecular complexity index is 953. The number of hydrogen-bond donors (Lipinski definition) is 1. The van der Waals surface area contributed by atoms with E-state index in [9.17, 15) is 9.18 Å². The van der Waals surface area contributed by atoms with Gasteiger partial charge in [0.1, 0.15) is 22.7 Å². The molecular weight excluding hydrogens is 375 g/mol. The molecule has 4 nitrogen and oxygen atoms in total. The number of rotatable bonds is 6. The lowest BCUT2D eigenvalue weighted by Crippen LogP contribution is -2.34. The molecule has 2 aromatic carbocycles. The number of carbonyl (C=O) groups excluding carboxylic acids is 1. The van der Waals surface area contributed by atoms with Gasteiger partial charge in [-0.15, -0.1) is 11.8 Å². The summed E-state index contributed by atoms with van der Waals surface area (Å²) >= 11 is 1.46. The van der Waals surface area contributed by atoms with Gasteiger partial charge in [0.25, 0.3) is 5.91 Å². The summed E-state index contributed by atoms with van der Waals surface area (Å²) < 4.78 is 18.9. The molecule has 1 aliphatic rings. The largest absolute Gasteiger partial charge is 0.488 e. The first-order chi connectivity index (χ1) is 13.7. The van der Waals surface area contributed by atoms with E-state index in [4.69, 9.17) is 4.74 Å². The normalized spacial score (nSPS) is 15.0. The van der Waals surface area contributed by atoms with Gasteiger partial charge in [0, 0.05) is 18.4 Å². The fourth-order valence-electron chi connectivity index (χ4n) is 3.08. The van der Waals surface area contributed by atoms with Crippen molar-refractivity contribution in [2.75, 3.05) is 6.54 Å². The molecule has 1 unspecified atom stereocenters. The molecule has 1 aliphatic heterocycles. The van der Waals surface area contributed by atoms with Crippen LogP contribution < -0.4 is 10.1 Å². The first kappa shape index (κ1) is 18.5. The Morgan fingerprint density at radius 3 is 2.79 bits per heavy atom. The van der Waals surface area contributed by atoms with Crippen LogP contribution in [0.5, 0.6) is 5.75 Å². The highest BCUT2D eigenvalue weighted by atomic mass is 32.2. The molecule has 28 heavy (non-hydrogen) atoms. The minimum atomic E-state index is -0.261. The summed E-state index contributed by atoms with van der Waals surface area (Å²) in [6, 6.07) is 17.8. The Morgan fingerprint density at radius 1 is 1.14 bits per heavy atom. The predicted molar refractivity (Wildman–Crippen MR) is 107 cm³/mol. The lowest BCUT2D eigenvalue weighted by molar-refractivity contribution is 0.0930. The van der Waals surface area contributed by atoms with Crippen molar-refractivity contribution in [2.24, 2.45) is 0 Å². The second-order valence-corrected chi connectivity index (χ2v) is 7.50. The van der Waals surface area contributed by atoms with Crippen LogP contribution >= 0.6 is 11.8 Å². The van der Waals surface area contributed by atoms with Crippen LogP contribution in [0.4, 0.5) is 4.39 Å². The van der Waals surface area contributed by atoms with Gasteiger partial charge in [-0.1, -0.05) is 30.3 Å². The molecule has 1 N–H and O–H groups in total. The molecule has 0 saturated heterocycles. The lowest BCUT2D eigenvalue weighted by atomic mass is 10.1. The Balaban J connectivity index is 1.36. The zero-order valence-corrected chi connectivity index (χ0v) is 15.9. The van der Waals surface area contributed by atoms with Gasteiger partial charge in [0.05, 0.1) is 12.1 Å². The topological polar surface area (TPSA) is 51.2 Å². The third-order valence-electron chi connectivity index (χ3n) is 4.51. The van der Waals surface area contributed by atoms with E-state index in [1.54, 1.807) is 30.5 Å². The van der Waals surface area contributed by atoms with Gasteiger partial charge in [-0.3, -0.25) is 4.79 Å². The predicted octanol–water partition coefficient (Wildman–Crippen LogP) is 4.25. The van der Waals surface area contributed by atoms with Crippen LogP contribution in [0.3, 0.4) is 0 Å². The minimum absolute atomic E-state index is 0.0617. The van der Waals surface area contributed by atoms with Crippen molar-refractivity contribution < 1.29 is 13.9 Å². The van der Waals surface area contributed by atoms with Gasteiger partial charge < -0.3 is 10.1 Å². The number of thioether (sulfide) groups is 1. The van der Waals surface area contributed by atoms with Gasteiger partial charge in [-0.25, -0.2) is 9.37 Å². The van der Waals surface area contributed by atoms with Crippen molar-refractivity contribution in [2.45, 2.75) is 23.3 Å². The standard InChI is InChI=1S/C22H19FN2O2S/c23-17-9-7-15(8-10-17)14-28-22-19(5-3-11-24-22)21(26)25-13-18-12-16-4-1-2-6-20(16)27-18/h1-11,18H,12-14H2,(H,25,26). The van der Waals surface area contributed by atoms with Crippen molar-refractivity contribution >= 4 is 17.7 Å². The summed E-state index contributed by atoms with van der Waals surface area (Å²) in [5, 5.41) is 3.61. The Morgan fingerprint density at radius 2 is 1.96 bits per heavy atom. The number of fused-ring (bicyclic) bond motifs is 1. The van der Waals surface area contributed by atoms with E-state index in [0.29, 0.717) is 22.9 Å². The molecule has 0 aliphatic carbocycles. The van der Waals surface area contributed by atoms with Gasteiger partial charge in [-0.2, -0.15) is 0 Å². The summed E-state index contributed by atoms with van der Waals surface area (Å²) in [7, 11) is 0. The highest BCUT2D eigenvalue weighted by Gasteiger charge is 2.23. The maximum Gasteiger partial charge on any atom is 0.254 e. The van der Waals surface area contributed by atoms with E-state index in [1.165, 1.54) is 29.5 Å². The van der Waals surface area contributed by atoms with Gasteiger partial charge in [-0.05, 0) is 41.5 Å². The fraction of sp³-hybridized carbons (Fsp3) is 0.182. The Hall–Kier alpha value is -2.86. The zero-order valence-electron chi connectivity index (χ0n) is 15.1. The molecule has 1 aromatic heterocycles. The molecule has 0 saturated carbocycles. The van der Waals surface area contributed by atoms with Crippen molar-refractivity contribution in [1.82, 2.24) is 10.3 Å². The van der Waals surface area contributed by atoms with Crippen LogP contribution in [0.15, 0.2) is 71.9 Å². The second kappa shape index (κ2) is 8.44. The number of aromatic nitrogens is 1. The summed E-state index contributed by atoms with van der Waals surface area (Å²) in [4.78, 5) is 17.0. The van der Waals surface area contributed by atoms with Crippen LogP contribution in [0, 0.1) is 5.82 Å². The van der Waals surface area contributed by atoms with E-state index in [0.717, 1.165) is 17.7 Å². The molecule has 1 atom stereocenters. The van der Waals surface area contributed by atoms with Crippen molar-refractivity contribution in [3.8, 4) is 5.75 Å². The highest BCUT2D eigenvalue weighted by molar-refractivity contribution is 7.98. The molecule has 0 radical (unpaired) electrons. The molecule has 0 spiro atoms. The summed E-state index contributed by atoms with van der Waals surface area (Å²) in [5.41, 5.74) is 2.67. The Labute approximate surface area is 167 Å². The van der Waals surface area contributed by atoms with Gasteiger partial charge in [0.15, 0.2) is 0 Å². The quantitative estimate of drug-likeness (QED) is 0.635. The third-order valence-corrected chi connectivity index (χ3v) is 5.59. The summed E-state index contributed by atoms with van der Waals surface area (Å²) in [5.74, 6) is 1.06. The minimum Gasteiger partial charge on any atom is -0.488 e. The van der Waals surface area contributed by atoms with E-state index in [-0.39, 0.29) is 17.8 Å². The number of hydrogen-bond acceptors (Lipinski definition) is 4. The third kappa shape index (κ3) is 4.34. The molecule has 0 bridgehead atoms. The van der Waals surface area contributed by atoms with Crippen molar-refractivity contribution in [3.05, 3.63) is 89.4 Å². The first-order valence-electron chi connectivity index (χ1n) is 9.04. The molecule has 142 valence electrons. The van der Waals surface area contributed by atoms with E-state index in [2.05, 4.69) is 10.3 Å². The molecule has 6 heteroatoms. The van der Waals surface area contributed by atoms with Crippen molar-refractivity contribution in [1.29, 1.82) is 0 Å². The second-order valence-electron chi connectivity index (χ2n) is 6.53. The van der Waals surface area contributed by atoms with Crippen molar-refractivity contribution in [3.63, 3.8) is 0 Å². The molecule has 1 amide bonds. The molecule has 4 rings (SSSR count).